The molecule has 9 nitrogen and oxygen atoms in total. The molecule has 9 heteroatoms. The van der Waals surface area contributed by atoms with Crippen molar-refractivity contribution in [2.45, 2.75) is 38.1 Å². The SMILES string of the molecule is O=C1CCC(n2c(O)c3cccc(C=NC(=O)N4CCCCC4)c3c2O)C(=O)N1. The van der Waals surface area contributed by atoms with Crippen LogP contribution >= 0.6 is 0 Å². The van der Waals surface area contributed by atoms with Crippen LogP contribution in [0.5, 0.6) is 11.8 Å². The normalized spacial score (nSPS) is 20.4. The van der Waals surface area contributed by atoms with Gasteiger partial charge in [-0.25, -0.2) is 9.79 Å². The van der Waals surface area contributed by atoms with Crippen molar-refractivity contribution in [3.05, 3.63) is 23.8 Å². The van der Waals surface area contributed by atoms with Gasteiger partial charge in [0.05, 0.1) is 5.39 Å². The number of hydrogen-bond acceptors (Lipinski definition) is 5. The zero-order valence-corrected chi connectivity index (χ0v) is 15.8. The first-order valence-corrected chi connectivity index (χ1v) is 9.69. The van der Waals surface area contributed by atoms with Crippen molar-refractivity contribution in [3.63, 3.8) is 0 Å². The maximum atomic E-state index is 12.3. The van der Waals surface area contributed by atoms with Crippen molar-refractivity contribution in [2.24, 2.45) is 4.99 Å². The monoisotopic (exact) mass is 398 g/mol. The lowest BCUT2D eigenvalue weighted by Crippen LogP contribution is -2.41. The number of fused-ring (bicyclic) bond motifs is 1. The van der Waals surface area contributed by atoms with Gasteiger partial charge in [0.2, 0.25) is 23.6 Å². The van der Waals surface area contributed by atoms with Crippen LogP contribution in [0.3, 0.4) is 0 Å². The Labute approximate surface area is 166 Å². The number of urea groups is 1. The molecule has 1 atom stereocenters. The summed E-state index contributed by atoms with van der Waals surface area (Å²) in [5, 5.41) is 24.3. The summed E-state index contributed by atoms with van der Waals surface area (Å²) in [6.07, 6.45) is 4.67. The summed E-state index contributed by atoms with van der Waals surface area (Å²) >= 11 is 0. The van der Waals surface area contributed by atoms with E-state index >= 15 is 0 Å². The minimum atomic E-state index is -0.903. The van der Waals surface area contributed by atoms with Crippen molar-refractivity contribution in [1.29, 1.82) is 0 Å². The molecule has 29 heavy (non-hydrogen) atoms. The van der Waals surface area contributed by atoms with Gasteiger partial charge in [-0.15, -0.1) is 0 Å². The van der Waals surface area contributed by atoms with Crippen molar-refractivity contribution in [1.82, 2.24) is 14.8 Å². The van der Waals surface area contributed by atoms with Crippen LogP contribution in [0, 0.1) is 0 Å². The topological polar surface area (TPSA) is 124 Å². The molecule has 152 valence electrons. The van der Waals surface area contributed by atoms with Crippen LogP contribution < -0.4 is 5.32 Å². The molecule has 3 heterocycles. The molecule has 1 aromatic carbocycles. The summed E-state index contributed by atoms with van der Waals surface area (Å²) in [5.74, 6) is -1.54. The Hall–Kier alpha value is -3.36. The largest absolute Gasteiger partial charge is 0.494 e. The minimum Gasteiger partial charge on any atom is -0.494 e. The van der Waals surface area contributed by atoms with E-state index in [4.69, 9.17) is 0 Å². The van der Waals surface area contributed by atoms with E-state index in [2.05, 4.69) is 10.3 Å². The van der Waals surface area contributed by atoms with Gasteiger partial charge in [0.1, 0.15) is 6.04 Å². The maximum absolute atomic E-state index is 12.3. The molecule has 4 rings (SSSR count). The molecule has 0 bridgehead atoms. The summed E-state index contributed by atoms with van der Waals surface area (Å²) < 4.78 is 1.12. The van der Waals surface area contributed by atoms with E-state index in [9.17, 15) is 24.6 Å². The van der Waals surface area contributed by atoms with Gasteiger partial charge in [0.15, 0.2) is 0 Å². The summed E-state index contributed by atoms with van der Waals surface area (Å²) in [7, 11) is 0. The number of piperidine rings is 2. The van der Waals surface area contributed by atoms with Crippen molar-refractivity contribution in [3.8, 4) is 11.8 Å². The molecule has 2 fully saturated rings. The Morgan fingerprint density at radius 1 is 1.14 bits per heavy atom. The predicted molar refractivity (Wildman–Crippen MR) is 105 cm³/mol. The number of carbonyl (C=O) groups is 3. The third kappa shape index (κ3) is 3.43. The van der Waals surface area contributed by atoms with E-state index in [1.54, 1.807) is 23.1 Å². The fourth-order valence-corrected chi connectivity index (χ4v) is 3.98. The molecule has 1 aromatic heterocycles. The number of benzene rings is 1. The highest BCUT2D eigenvalue weighted by molar-refractivity contribution is 6.08. The lowest BCUT2D eigenvalue weighted by Gasteiger charge is -2.24. The number of amides is 4. The fraction of sp³-hybridized carbons (Fsp3) is 0.400. The number of nitrogens with one attached hydrogen (secondary N) is 1. The highest BCUT2D eigenvalue weighted by atomic mass is 16.3. The number of carbonyl (C=O) groups excluding carboxylic acids is 3. The van der Waals surface area contributed by atoms with Gasteiger partial charge >= 0.3 is 6.03 Å². The average molecular weight is 398 g/mol. The molecule has 2 aromatic rings. The first-order valence-electron chi connectivity index (χ1n) is 9.69. The minimum absolute atomic E-state index is 0.114. The van der Waals surface area contributed by atoms with Crippen LogP contribution in [0.2, 0.25) is 0 Å². The number of aromatic nitrogens is 1. The first kappa shape index (κ1) is 19.0. The number of aromatic hydroxyl groups is 2. The molecule has 2 aliphatic heterocycles. The molecule has 0 spiro atoms. The fourth-order valence-electron chi connectivity index (χ4n) is 3.98. The Bertz CT molecular complexity index is 1020. The van der Waals surface area contributed by atoms with Crippen LogP contribution in [-0.4, -0.2) is 56.8 Å². The molecule has 3 N–H and O–H groups in total. The van der Waals surface area contributed by atoms with Gasteiger partial charge < -0.3 is 15.1 Å². The molecule has 2 aliphatic rings. The number of rotatable bonds is 2. The van der Waals surface area contributed by atoms with Gasteiger partial charge in [0.25, 0.3) is 0 Å². The van der Waals surface area contributed by atoms with Crippen LogP contribution in [0.1, 0.15) is 43.7 Å². The Balaban J connectivity index is 1.69. The number of hydrogen-bond donors (Lipinski definition) is 3. The zero-order chi connectivity index (χ0) is 20.5. The van der Waals surface area contributed by atoms with E-state index in [-0.39, 0.29) is 36.5 Å². The Morgan fingerprint density at radius 2 is 1.90 bits per heavy atom. The lowest BCUT2D eigenvalue weighted by atomic mass is 10.1. The maximum Gasteiger partial charge on any atom is 0.343 e. The third-order valence-corrected chi connectivity index (χ3v) is 5.48. The molecular formula is C20H22N4O5. The Kier molecular flexibility index (Phi) is 4.96. The van der Waals surface area contributed by atoms with Crippen LogP contribution in [0.25, 0.3) is 10.8 Å². The number of nitrogens with zero attached hydrogens (tertiary/aromatic N) is 3. The van der Waals surface area contributed by atoms with Crippen molar-refractivity contribution in [2.75, 3.05) is 13.1 Å². The van der Waals surface area contributed by atoms with E-state index < -0.39 is 11.9 Å². The number of likely N-dealkylation sites (tertiary alicyclic amines) is 1. The van der Waals surface area contributed by atoms with E-state index in [0.29, 0.717) is 29.4 Å². The van der Waals surface area contributed by atoms with Crippen LogP contribution in [0.4, 0.5) is 4.79 Å². The smallest absolute Gasteiger partial charge is 0.343 e. The predicted octanol–water partition coefficient (Wildman–Crippen LogP) is 2.05. The summed E-state index contributed by atoms with van der Waals surface area (Å²) in [5.41, 5.74) is 0.451. The second kappa shape index (κ2) is 7.57. The van der Waals surface area contributed by atoms with Crippen LogP contribution in [0.15, 0.2) is 23.2 Å². The summed E-state index contributed by atoms with van der Waals surface area (Å²) in [4.78, 5) is 41.6. The third-order valence-electron chi connectivity index (χ3n) is 5.48. The number of aliphatic imine (C=N–C) groups is 1. The van der Waals surface area contributed by atoms with Gasteiger partial charge in [-0.3, -0.25) is 19.5 Å². The quantitative estimate of drug-likeness (QED) is 0.528. The van der Waals surface area contributed by atoms with Crippen molar-refractivity contribution < 1.29 is 24.6 Å². The van der Waals surface area contributed by atoms with Gasteiger partial charge in [-0.2, -0.15) is 0 Å². The van der Waals surface area contributed by atoms with Crippen molar-refractivity contribution >= 4 is 34.8 Å². The second-order valence-electron chi connectivity index (χ2n) is 7.34. The number of imide groups is 1. The van der Waals surface area contributed by atoms with E-state index in [0.717, 1.165) is 23.8 Å². The average Bonchev–Trinajstić information content (AvgIpc) is 2.98. The Morgan fingerprint density at radius 3 is 2.62 bits per heavy atom. The molecule has 0 saturated carbocycles. The molecule has 1 unspecified atom stereocenters. The standard InChI is InChI=1S/C20H22N4O5/c25-15-8-7-14(17(26)22-15)24-18(27)13-6-4-5-12(16(13)19(24)28)11-21-20(29)23-9-2-1-3-10-23/h4-6,11,14,27-28H,1-3,7-10H2,(H,22,25,26). The van der Waals surface area contributed by atoms with E-state index in [1.807, 2.05) is 0 Å². The molecule has 0 radical (unpaired) electrons. The van der Waals surface area contributed by atoms with E-state index in [1.165, 1.54) is 6.21 Å². The molecular weight excluding hydrogens is 376 g/mol. The molecule has 4 amide bonds. The highest BCUT2D eigenvalue weighted by Gasteiger charge is 2.33. The first-order chi connectivity index (χ1) is 14.0. The second-order valence-corrected chi connectivity index (χ2v) is 7.34. The van der Waals surface area contributed by atoms with Gasteiger partial charge in [0, 0.05) is 36.7 Å². The summed E-state index contributed by atoms with van der Waals surface area (Å²) in [6, 6.07) is 3.71. The van der Waals surface area contributed by atoms with Gasteiger partial charge in [-0.05, 0) is 31.7 Å². The highest BCUT2D eigenvalue weighted by Crippen LogP contribution is 2.41. The lowest BCUT2D eigenvalue weighted by molar-refractivity contribution is -0.135. The van der Waals surface area contributed by atoms with Gasteiger partial charge in [-0.1, -0.05) is 12.1 Å². The molecule has 2 saturated heterocycles. The molecule has 0 aliphatic carbocycles. The van der Waals surface area contributed by atoms with Crippen LogP contribution in [-0.2, 0) is 9.59 Å². The zero-order valence-electron chi connectivity index (χ0n) is 15.8. The summed E-state index contributed by atoms with van der Waals surface area (Å²) in [6.45, 7) is 1.36.